The van der Waals surface area contributed by atoms with Crippen molar-refractivity contribution in [1.82, 2.24) is 9.97 Å². The lowest BCUT2D eigenvalue weighted by atomic mass is 10.3. The Balaban J connectivity index is 2.02. The van der Waals surface area contributed by atoms with Gasteiger partial charge in [0.2, 0.25) is 0 Å². The summed E-state index contributed by atoms with van der Waals surface area (Å²) in [4.78, 5) is 8.04. The van der Waals surface area contributed by atoms with Crippen LogP contribution in [0.5, 0.6) is 5.75 Å². The van der Waals surface area contributed by atoms with Gasteiger partial charge in [-0.3, -0.25) is 4.98 Å². The summed E-state index contributed by atoms with van der Waals surface area (Å²) >= 11 is 7.86. The molecule has 1 aromatic carbocycles. The van der Waals surface area contributed by atoms with Crippen LogP contribution in [0.4, 0.5) is 0 Å². The van der Waals surface area contributed by atoms with Gasteiger partial charge in [0.05, 0.1) is 21.7 Å². The van der Waals surface area contributed by atoms with Crippen molar-refractivity contribution in [3.63, 3.8) is 0 Å². The Kier molecular flexibility index (Phi) is 3.95. The van der Waals surface area contributed by atoms with Crippen LogP contribution in [0, 0.1) is 3.57 Å². The van der Waals surface area contributed by atoms with E-state index in [2.05, 4.69) is 32.6 Å². The molecule has 0 saturated heterocycles. The maximum atomic E-state index is 5.64. The molecule has 16 heavy (non-hydrogen) atoms. The zero-order valence-electron chi connectivity index (χ0n) is 8.23. The maximum Gasteiger partial charge on any atom is 0.147 e. The van der Waals surface area contributed by atoms with Crippen molar-refractivity contribution in [2.24, 2.45) is 0 Å². The number of hydrogen-bond donors (Lipinski definition) is 0. The van der Waals surface area contributed by atoms with Gasteiger partial charge >= 0.3 is 0 Å². The quantitative estimate of drug-likeness (QED) is 0.800. The summed E-state index contributed by atoms with van der Waals surface area (Å²) in [6.45, 7) is 0.393. The third-order valence-electron chi connectivity index (χ3n) is 1.89. The van der Waals surface area contributed by atoms with E-state index in [-0.39, 0.29) is 0 Å². The normalized spacial score (nSPS) is 10.1. The second kappa shape index (κ2) is 5.45. The van der Waals surface area contributed by atoms with Crippen molar-refractivity contribution >= 4 is 34.2 Å². The number of rotatable bonds is 3. The van der Waals surface area contributed by atoms with Gasteiger partial charge in [0.25, 0.3) is 0 Å². The van der Waals surface area contributed by atoms with Crippen molar-refractivity contribution < 1.29 is 4.74 Å². The summed E-state index contributed by atoms with van der Waals surface area (Å²) in [5.41, 5.74) is 0.754. The summed E-state index contributed by atoms with van der Waals surface area (Å²) in [7, 11) is 0. The van der Waals surface area contributed by atoms with Crippen LogP contribution < -0.4 is 4.74 Å². The third kappa shape index (κ3) is 3.05. The van der Waals surface area contributed by atoms with Crippen LogP contribution in [0.3, 0.4) is 0 Å². The molecule has 2 aromatic rings. The maximum absolute atomic E-state index is 5.64. The highest BCUT2D eigenvalue weighted by atomic mass is 127. The molecule has 0 saturated carbocycles. The van der Waals surface area contributed by atoms with E-state index in [1.54, 1.807) is 6.20 Å². The second-order valence-corrected chi connectivity index (χ2v) is 4.60. The van der Waals surface area contributed by atoms with Crippen LogP contribution in [0.1, 0.15) is 5.69 Å². The molecule has 0 aliphatic carbocycles. The van der Waals surface area contributed by atoms with Gasteiger partial charge in [0.15, 0.2) is 0 Å². The molecule has 0 spiro atoms. The lowest BCUT2D eigenvalue weighted by molar-refractivity contribution is 0.298. The number of para-hydroxylation sites is 1. The fourth-order valence-corrected chi connectivity index (χ4v) is 1.77. The fourth-order valence-electron chi connectivity index (χ4n) is 1.13. The topological polar surface area (TPSA) is 35.0 Å². The fraction of sp³-hybridized carbons (Fsp3) is 0.0909. The van der Waals surface area contributed by atoms with Crippen molar-refractivity contribution in [2.45, 2.75) is 6.61 Å². The number of ether oxygens (including phenoxy) is 1. The number of halogens is 2. The third-order valence-corrected chi connectivity index (χ3v) is 2.97. The Hall–Kier alpha value is -0.880. The monoisotopic (exact) mass is 346 g/mol. The molecule has 0 amide bonds. The van der Waals surface area contributed by atoms with Crippen molar-refractivity contribution in [1.29, 1.82) is 0 Å². The summed E-state index contributed by atoms with van der Waals surface area (Å²) in [5.74, 6) is 0.847. The van der Waals surface area contributed by atoms with Crippen LogP contribution in [-0.4, -0.2) is 9.97 Å². The van der Waals surface area contributed by atoms with Crippen LogP contribution in [0.25, 0.3) is 0 Å². The summed E-state index contributed by atoms with van der Waals surface area (Å²) in [5, 5.41) is 0.387. The predicted octanol–water partition coefficient (Wildman–Crippen LogP) is 3.31. The predicted molar refractivity (Wildman–Crippen MR) is 70.5 cm³/mol. The molecule has 0 bridgehead atoms. The molecule has 0 atom stereocenters. The molecule has 5 heteroatoms. The molecule has 0 N–H and O–H groups in total. The van der Waals surface area contributed by atoms with E-state index >= 15 is 0 Å². The summed E-state index contributed by atoms with van der Waals surface area (Å²) in [6.07, 6.45) is 3.12. The molecular weight excluding hydrogens is 338 g/mol. The van der Waals surface area contributed by atoms with Crippen LogP contribution >= 0.6 is 34.2 Å². The molecule has 1 heterocycles. The van der Waals surface area contributed by atoms with Gasteiger partial charge in [-0.25, -0.2) is 4.98 Å². The Labute approximate surface area is 112 Å². The Morgan fingerprint density at radius 3 is 2.69 bits per heavy atom. The standard InChI is InChI=1S/C11H8ClIN2O/c12-11-6-14-8(5-15-11)7-16-10-4-2-1-3-9(10)13/h1-6H,7H2. The summed E-state index contributed by atoms with van der Waals surface area (Å²) < 4.78 is 6.68. The van der Waals surface area contributed by atoms with E-state index < -0.39 is 0 Å². The first kappa shape index (κ1) is 11.6. The van der Waals surface area contributed by atoms with Gasteiger partial charge in [-0.05, 0) is 34.7 Å². The van der Waals surface area contributed by atoms with Crippen LogP contribution in [-0.2, 0) is 6.61 Å². The zero-order valence-corrected chi connectivity index (χ0v) is 11.1. The minimum atomic E-state index is 0.387. The van der Waals surface area contributed by atoms with Gasteiger partial charge < -0.3 is 4.74 Å². The first-order chi connectivity index (χ1) is 7.75. The minimum Gasteiger partial charge on any atom is -0.486 e. The average Bonchev–Trinajstić information content (AvgIpc) is 2.30. The largest absolute Gasteiger partial charge is 0.486 e. The molecule has 0 unspecified atom stereocenters. The van der Waals surface area contributed by atoms with Crippen molar-refractivity contribution in [3.8, 4) is 5.75 Å². The van der Waals surface area contributed by atoms with E-state index in [1.165, 1.54) is 6.20 Å². The van der Waals surface area contributed by atoms with Gasteiger partial charge in [0, 0.05) is 0 Å². The van der Waals surface area contributed by atoms with Gasteiger partial charge in [-0.15, -0.1) is 0 Å². The molecule has 0 fully saturated rings. The SMILES string of the molecule is Clc1cnc(COc2ccccc2I)cn1. The molecule has 0 aliphatic rings. The highest BCUT2D eigenvalue weighted by Crippen LogP contribution is 2.20. The molecule has 0 aliphatic heterocycles. The van der Waals surface area contributed by atoms with Gasteiger partial charge in [-0.2, -0.15) is 0 Å². The van der Waals surface area contributed by atoms with E-state index in [1.807, 2.05) is 24.3 Å². The molecule has 82 valence electrons. The highest BCUT2D eigenvalue weighted by molar-refractivity contribution is 14.1. The number of hydrogen-bond acceptors (Lipinski definition) is 3. The average molecular weight is 347 g/mol. The van der Waals surface area contributed by atoms with Crippen molar-refractivity contribution in [3.05, 3.63) is 51.1 Å². The molecule has 0 radical (unpaired) electrons. The number of aromatic nitrogens is 2. The Morgan fingerprint density at radius 2 is 2.00 bits per heavy atom. The second-order valence-electron chi connectivity index (χ2n) is 3.05. The molecule has 2 rings (SSSR count). The highest BCUT2D eigenvalue weighted by Gasteiger charge is 2.01. The van der Waals surface area contributed by atoms with Crippen LogP contribution in [0.15, 0.2) is 36.7 Å². The zero-order chi connectivity index (χ0) is 11.4. The number of nitrogens with zero attached hydrogens (tertiary/aromatic N) is 2. The van der Waals surface area contributed by atoms with E-state index in [9.17, 15) is 0 Å². The smallest absolute Gasteiger partial charge is 0.147 e. The summed E-state index contributed by atoms with van der Waals surface area (Å²) in [6, 6.07) is 7.82. The molecular formula is C11H8ClIN2O. The number of benzene rings is 1. The van der Waals surface area contributed by atoms with E-state index in [4.69, 9.17) is 16.3 Å². The Bertz CT molecular complexity index is 476. The Morgan fingerprint density at radius 1 is 1.19 bits per heavy atom. The van der Waals surface area contributed by atoms with E-state index in [0.29, 0.717) is 11.8 Å². The first-order valence-electron chi connectivity index (χ1n) is 4.59. The molecule has 1 aromatic heterocycles. The van der Waals surface area contributed by atoms with Crippen molar-refractivity contribution in [2.75, 3.05) is 0 Å². The molecule has 3 nitrogen and oxygen atoms in total. The minimum absolute atomic E-state index is 0.387. The lowest BCUT2D eigenvalue weighted by Crippen LogP contribution is -1.99. The van der Waals surface area contributed by atoms with E-state index in [0.717, 1.165) is 15.0 Å². The van der Waals surface area contributed by atoms with Gasteiger partial charge in [0.1, 0.15) is 17.5 Å². The lowest BCUT2D eigenvalue weighted by Gasteiger charge is -2.06. The first-order valence-corrected chi connectivity index (χ1v) is 6.05. The van der Waals surface area contributed by atoms with Gasteiger partial charge in [-0.1, -0.05) is 23.7 Å². The van der Waals surface area contributed by atoms with Crippen LogP contribution in [0.2, 0.25) is 5.15 Å².